The monoisotopic (exact) mass is 291 g/mol. The van der Waals surface area contributed by atoms with Gasteiger partial charge in [-0.3, -0.25) is 4.79 Å². The van der Waals surface area contributed by atoms with Gasteiger partial charge in [0, 0.05) is 18.8 Å². The summed E-state index contributed by atoms with van der Waals surface area (Å²) < 4.78 is 5.10. The molecule has 0 radical (unpaired) electrons. The van der Waals surface area contributed by atoms with Crippen LogP contribution in [0, 0.1) is 4.91 Å². The number of nitrogens with zero attached hydrogens (tertiary/aromatic N) is 2. The molecule has 0 aromatic rings. The Bertz CT molecular complexity index is 332. The molecule has 0 saturated heterocycles. The highest BCUT2D eigenvalue weighted by Crippen LogP contribution is 2.21. The van der Waals surface area contributed by atoms with E-state index in [0.717, 1.165) is 5.01 Å². The van der Waals surface area contributed by atoms with Crippen molar-refractivity contribution in [1.29, 1.82) is 0 Å². The van der Waals surface area contributed by atoms with Gasteiger partial charge in [0.05, 0.1) is 11.8 Å². The Hall–Kier alpha value is -1.37. The number of nitroso groups, excluding NO2 is 1. The van der Waals surface area contributed by atoms with E-state index in [1.165, 1.54) is 6.92 Å². The third-order valence-electron chi connectivity index (χ3n) is 2.96. The molecule has 1 saturated carbocycles. The third kappa shape index (κ3) is 5.42. The van der Waals surface area contributed by atoms with E-state index >= 15 is 0 Å². The Morgan fingerprint density at radius 2 is 2.00 bits per heavy atom. The average Bonchev–Trinajstić information content (AvgIpc) is 2.37. The zero-order chi connectivity index (χ0) is 14.3. The van der Waals surface area contributed by atoms with E-state index in [9.17, 15) is 14.5 Å². The summed E-state index contributed by atoms with van der Waals surface area (Å²) in [6.45, 7) is 1.47. The standard InChI is InChI=1S/C11H18ClN3O4/c1-8(16)19-10-4-2-9(3-5-10)13-11(17)15(14-18)7-6-12/h9-10H,2-7H2,1H3,(H,13,17). The number of hydrogen-bond acceptors (Lipinski definition) is 5. The lowest BCUT2D eigenvalue weighted by molar-refractivity contribution is -0.147. The highest BCUT2D eigenvalue weighted by atomic mass is 35.5. The molecule has 0 unspecified atom stereocenters. The van der Waals surface area contributed by atoms with Crippen LogP contribution >= 0.6 is 11.6 Å². The minimum absolute atomic E-state index is 0.0288. The van der Waals surface area contributed by atoms with E-state index in [0.29, 0.717) is 25.7 Å². The predicted octanol–water partition coefficient (Wildman–Crippen LogP) is 1.79. The number of nitrogens with one attached hydrogen (secondary N) is 1. The molecule has 0 aromatic heterocycles. The number of rotatable bonds is 5. The molecule has 1 fully saturated rings. The minimum atomic E-state index is -0.536. The summed E-state index contributed by atoms with van der Waals surface area (Å²) >= 11 is 5.46. The fourth-order valence-electron chi connectivity index (χ4n) is 2.07. The van der Waals surface area contributed by atoms with Gasteiger partial charge in [-0.25, -0.2) is 4.79 Å². The average molecular weight is 292 g/mol. The van der Waals surface area contributed by atoms with Crippen molar-refractivity contribution >= 4 is 23.6 Å². The fourth-order valence-corrected chi connectivity index (χ4v) is 2.23. The first-order chi connectivity index (χ1) is 9.06. The molecule has 2 amide bonds. The smallest absolute Gasteiger partial charge is 0.340 e. The number of alkyl halides is 1. The SMILES string of the molecule is CC(=O)OC1CCC(NC(=O)N(CCCl)N=O)CC1. The lowest BCUT2D eigenvalue weighted by Crippen LogP contribution is -2.45. The molecule has 108 valence electrons. The van der Waals surface area contributed by atoms with Gasteiger partial charge >= 0.3 is 12.0 Å². The van der Waals surface area contributed by atoms with Crippen molar-refractivity contribution in [1.82, 2.24) is 10.3 Å². The van der Waals surface area contributed by atoms with Crippen molar-refractivity contribution in [2.24, 2.45) is 5.29 Å². The number of esters is 1. The number of carbonyl (C=O) groups excluding carboxylic acids is 2. The maximum atomic E-state index is 11.7. The van der Waals surface area contributed by atoms with Gasteiger partial charge in [0.25, 0.3) is 0 Å². The zero-order valence-corrected chi connectivity index (χ0v) is 11.6. The van der Waals surface area contributed by atoms with Gasteiger partial charge in [-0.1, -0.05) is 0 Å². The number of urea groups is 1. The first-order valence-corrected chi connectivity index (χ1v) is 6.74. The van der Waals surface area contributed by atoms with Gasteiger partial charge in [0.15, 0.2) is 0 Å². The lowest BCUT2D eigenvalue weighted by atomic mass is 9.93. The summed E-state index contributed by atoms with van der Waals surface area (Å²) in [6, 6.07) is -0.564. The number of amides is 2. The second-order valence-corrected chi connectivity index (χ2v) is 4.80. The maximum absolute atomic E-state index is 11.7. The van der Waals surface area contributed by atoms with Crippen molar-refractivity contribution in [3.63, 3.8) is 0 Å². The molecule has 7 nitrogen and oxygen atoms in total. The van der Waals surface area contributed by atoms with E-state index in [1.807, 2.05) is 0 Å². The quantitative estimate of drug-likeness (QED) is 0.362. The van der Waals surface area contributed by atoms with Crippen molar-refractivity contribution in [2.45, 2.75) is 44.8 Å². The Kier molecular flexibility index (Phi) is 6.55. The molecule has 8 heteroatoms. The van der Waals surface area contributed by atoms with Gasteiger partial charge in [-0.15, -0.1) is 16.5 Å². The second kappa shape index (κ2) is 7.93. The molecule has 0 atom stereocenters. The Morgan fingerprint density at radius 1 is 1.37 bits per heavy atom. The number of hydrogen-bond donors (Lipinski definition) is 1. The highest BCUT2D eigenvalue weighted by Gasteiger charge is 2.25. The van der Waals surface area contributed by atoms with Crippen LogP contribution in [0.4, 0.5) is 4.79 Å². The second-order valence-electron chi connectivity index (χ2n) is 4.43. The Balaban J connectivity index is 2.33. The molecular formula is C11H18ClN3O4. The van der Waals surface area contributed by atoms with Gasteiger partial charge < -0.3 is 10.1 Å². The van der Waals surface area contributed by atoms with Crippen LogP contribution in [0.5, 0.6) is 0 Å². The van der Waals surface area contributed by atoms with Crippen molar-refractivity contribution in [3.05, 3.63) is 4.91 Å². The summed E-state index contributed by atoms with van der Waals surface area (Å²) in [5.41, 5.74) is 0. The van der Waals surface area contributed by atoms with Crippen molar-refractivity contribution in [3.8, 4) is 0 Å². The lowest BCUT2D eigenvalue weighted by Gasteiger charge is -2.29. The molecule has 1 rings (SSSR count). The molecule has 0 aromatic carbocycles. The van der Waals surface area contributed by atoms with Crippen LogP contribution in [0.25, 0.3) is 0 Å². The number of halogens is 1. The van der Waals surface area contributed by atoms with Gasteiger partial charge in [-0.2, -0.15) is 5.01 Å². The van der Waals surface area contributed by atoms with Gasteiger partial charge in [-0.05, 0) is 25.7 Å². The van der Waals surface area contributed by atoms with Crippen LogP contribution in [0.2, 0.25) is 0 Å². The van der Waals surface area contributed by atoms with Crippen LogP contribution in [-0.2, 0) is 9.53 Å². The number of carbonyl (C=O) groups is 2. The molecule has 0 bridgehead atoms. The van der Waals surface area contributed by atoms with Crippen LogP contribution < -0.4 is 5.32 Å². The largest absolute Gasteiger partial charge is 0.463 e. The summed E-state index contributed by atoms with van der Waals surface area (Å²) in [5, 5.41) is 6.11. The summed E-state index contributed by atoms with van der Waals surface area (Å²) in [7, 11) is 0. The van der Waals surface area contributed by atoms with E-state index in [4.69, 9.17) is 16.3 Å². The molecule has 1 N–H and O–H groups in total. The van der Waals surface area contributed by atoms with Crippen molar-refractivity contribution < 1.29 is 14.3 Å². The molecule has 0 heterocycles. The number of ether oxygens (including phenoxy) is 1. The fraction of sp³-hybridized carbons (Fsp3) is 0.818. The Morgan fingerprint density at radius 3 is 2.47 bits per heavy atom. The van der Waals surface area contributed by atoms with E-state index < -0.39 is 6.03 Å². The highest BCUT2D eigenvalue weighted by molar-refractivity contribution is 6.18. The molecule has 1 aliphatic carbocycles. The van der Waals surface area contributed by atoms with Gasteiger partial charge in [0.1, 0.15) is 6.10 Å². The summed E-state index contributed by atoms with van der Waals surface area (Å²) in [6.07, 6.45) is 2.74. The Labute approximate surface area is 116 Å². The van der Waals surface area contributed by atoms with E-state index in [-0.39, 0.29) is 30.5 Å². The topological polar surface area (TPSA) is 88.1 Å². The first kappa shape index (κ1) is 15.7. The van der Waals surface area contributed by atoms with E-state index in [1.54, 1.807) is 0 Å². The minimum Gasteiger partial charge on any atom is -0.463 e. The molecule has 1 aliphatic rings. The van der Waals surface area contributed by atoms with Crippen LogP contribution in [-0.4, -0.2) is 41.6 Å². The molecule has 19 heavy (non-hydrogen) atoms. The van der Waals surface area contributed by atoms with E-state index in [2.05, 4.69) is 10.6 Å². The normalized spacial score (nSPS) is 22.4. The van der Waals surface area contributed by atoms with Gasteiger partial charge in [0.2, 0.25) is 0 Å². The predicted molar refractivity (Wildman–Crippen MR) is 69.6 cm³/mol. The van der Waals surface area contributed by atoms with Crippen LogP contribution in [0.3, 0.4) is 0 Å². The van der Waals surface area contributed by atoms with Crippen molar-refractivity contribution in [2.75, 3.05) is 12.4 Å². The zero-order valence-electron chi connectivity index (χ0n) is 10.8. The third-order valence-corrected chi connectivity index (χ3v) is 3.13. The maximum Gasteiger partial charge on any atom is 0.340 e. The molecule has 0 spiro atoms. The first-order valence-electron chi connectivity index (χ1n) is 6.21. The van der Waals surface area contributed by atoms with Crippen LogP contribution in [0.1, 0.15) is 32.6 Å². The molecule has 0 aliphatic heterocycles. The van der Waals surface area contributed by atoms with Crippen LogP contribution in [0.15, 0.2) is 5.29 Å². The summed E-state index contributed by atoms with van der Waals surface area (Å²) in [5.74, 6) is -0.135. The molecular weight excluding hydrogens is 274 g/mol. The summed E-state index contributed by atoms with van der Waals surface area (Å²) in [4.78, 5) is 32.9.